The van der Waals surface area contributed by atoms with E-state index in [1.54, 1.807) is 10.3 Å². The van der Waals surface area contributed by atoms with E-state index in [9.17, 15) is 22.8 Å². The summed E-state index contributed by atoms with van der Waals surface area (Å²) in [4.78, 5) is 31.4. The fraction of sp³-hybridized carbons (Fsp3) is 0.320. The van der Waals surface area contributed by atoms with Crippen molar-refractivity contribution in [3.8, 4) is 0 Å². The molecule has 35 heavy (non-hydrogen) atoms. The van der Waals surface area contributed by atoms with Crippen LogP contribution in [0, 0.1) is 13.8 Å². The van der Waals surface area contributed by atoms with Crippen LogP contribution in [0.25, 0.3) is 0 Å². The van der Waals surface area contributed by atoms with Gasteiger partial charge in [0.1, 0.15) is 10.7 Å². The monoisotopic (exact) mass is 504 g/mol. The summed E-state index contributed by atoms with van der Waals surface area (Å²) in [5.74, 6) is -0.499. The van der Waals surface area contributed by atoms with Crippen LogP contribution in [-0.2, 0) is 19.3 Å². The molecule has 0 atom stereocenters. The molecule has 0 aliphatic heterocycles. The second-order valence-electron chi connectivity index (χ2n) is 8.43. The highest BCUT2D eigenvalue weighted by molar-refractivity contribution is 7.09. The first kappa shape index (κ1) is 26.2. The minimum absolute atomic E-state index is 0.0636. The molecule has 0 spiro atoms. The van der Waals surface area contributed by atoms with Gasteiger partial charge in [-0.1, -0.05) is 30.3 Å². The van der Waals surface area contributed by atoms with Gasteiger partial charge in [0.2, 0.25) is 0 Å². The highest BCUT2D eigenvalue weighted by Gasteiger charge is 2.30. The number of thiazole rings is 1. The molecule has 6 nitrogen and oxygen atoms in total. The van der Waals surface area contributed by atoms with Crippen LogP contribution in [0.2, 0.25) is 0 Å². The van der Waals surface area contributed by atoms with Crippen LogP contribution < -0.4 is 10.6 Å². The molecule has 3 rings (SSSR count). The van der Waals surface area contributed by atoms with E-state index in [0.29, 0.717) is 10.6 Å². The average Bonchev–Trinajstić information content (AvgIpc) is 3.26. The van der Waals surface area contributed by atoms with Crippen LogP contribution in [0.1, 0.15) is 51.6 Å². The van der Waals surface area contributed by atoms with Crippen molar-refractivity contribution in [3.05, 3.63) is 80.8 Å². The number of hydrogen-bond donors (Lipinski definition) is 2. The maximum absolute atomic E-state index is 13.0. The summed E-state index contributed by atoms with van der Waals surface area (Å²) in [5, 5.41) is 7.70. The molecule has 10 heteroatoms. The van der Waals surface area contributed by atoms with Crippen molar-refractivity contribution in [2.75, 3.05) is 5.32 Å². The van der Waals surface area contributed by atoms with E-state index in [2.05, 4.69) is 15.6 Å². The summed E-state index contributed by atoms with van der Waals surface area (Å²) >= 11 is 1.24. The van der Waals surface area contributed by atoms with E-state index in [1.807, 2.05) is 45.9 Å². The van der Waals surface area contributed by atoms with Gasteiger partial charge < -0.3 is 15.5 Å². The van der Waals surface area contributed by atoms with Crippen LogP contribution in [0.15, 0.2) is 47.8 Å². The minimum atomic E-state index is -4.45. The van der Waals surface area contributed by atoms with Gasteiger partial charge in [-0.2, -0.15) is 13.2 Å². The Morgan fingerprint density at radius 3 is 2.37 bits per heavy atom. The second kappa shape index (κ2) is 10.9. The van der Waals surface area contributed by atoms with Crippen LogP contribution >= 0.6 is 11.3 Å². The van der Waals surface area contributed by atoms with E-state index < -0.39 is 17.6 Å². The normalized spacial score (nSPS) is 11.4. The number of carbonyl (C=O) groups excluding carboxylic acids is 2. The molecule has 0 aliphatic rings. The number of benzene rings is 2. The first-order valence-corrected chi connectivity index (χ1v) is 11.9. The number of alkyl halides is 3. The van der Waals surface area contributed by atoms with Crippen molar-refractivity contribution >= 4 is 29.0 Å². The molecule has 3 amide bonds. The fourth-order valence-electron chi connectivity index (χ4n) is 3.44. The summed E-state index contributed by atoms with van der Waals surface area (Å²) in [6.07, 6.45) is -4.45. The highest BCUT2D eigenvalue weighted by Crippen LogP contribution is 2.29. The number of rotatable bonds is 7. The number of amides is 3. The fourth-order valence-corrected chi connectivity index (χ4v) is 4.22. The van der Waals surface area contributed by atoms with Gasteiger partial charge in [0.05, 0.1) is 12.1 Å². The third-order valence-electron chi connectivity index (χ3n) is 5.39. The first-order chi connectivity index (χ1) is 16.5. The molecular formula is C25H27F3N4O2S. The SMILES string of the molecule is Cc1cccc(C)c1NC(=O)N(Cc1nc(C(=O)NCc2cccc(C(F)(F)F)c2)cs1)C(C)C. The molecule has 2 aromatic carbocycles. The standard InChI is InChI=1S/C25H27F3N4O2S/c1-15(2)32(24(34)31-22-16(3)7-5-8-17(22)4)13-21-30-20(14-35-21)23(33)29-12-18-9-6-10-19(11-18)25(26,27)28/h5-11,14-15H,12-13H2,1-4H3,(H,29,33)(H,31,34). The molecule has 2 N–H and O–H groups in total. The molecule has 0 fully saturated rings. The third kappa shape index (κ3) is 6.82. The van der Waals surface area contributed by atoms with E-state index in [4.69, 9.17) is 0 Å². The third-order valence-corrected chi connectivity index (χ3v) is 6.23. The number of aromatic nitrogens is 1. The van der Waals surface area contributed by atoms with Crippen LogP contribution in [0.4, 0.5) is 23.7 Å². The lowest BCUT2D eigenvalue weighted by atomic mass is 10.1. The summed E-state index contributed by atoms with van der Waals surface area (Å²) in [6, 6.07) is 10.2. The van der Waals surface area contributed by atoms with Crippen molar-refractivity contribution in [2.45, 2.75) is 53.0 Å². The first-order valence-electron chi connectivity index (χ1n) is 11.0. The Morgan fingerprint density at radius 1 is 1.09 bits per heavy atom. The van der Waals surface area contributed by atoms with Crippen molar-refractivity contribution < 1.29 is 22.8 Å². The number of aryl methyl sites for hydroxylation is 2. The van der Waals surface area contributed by atoms with Gasteiger partial charge in [-0.15, -0.1) is 11.3 Å². The number of para-hydroxylation sites is 1. The topological polar surface area (TPSA) is 74.3 Å². The van der Waals surface area contributed by atoms with Gasteiger partial charge in [0.25, 0.3) is 5.91 Å². The summed E-state index contributed by atoms with van der Waals surface area (Å²) in [5.41, 5.74) is 2.38. The smallest absolute Gasteiger partial charge is 0.347 e. The quantitative estimate of drug-likeness (QED) is 0.405. The van der Waals surface area contributed by atoms with E-state index in [1.165, 1.54) is 23.5 Å². The van der Waals surface area contributed by atoms with E-state index in [0.717, 1.165) is 28.9 Å². The van der Waals surface area contributed by atoms with Gasteiger partial charge in [-0.05, 0) is 56.5 Å². The number of nitrogens with one attached hydrogen (secondary N) is 2. The molecule has 186 valence electrons. The molecule has 0 saturated heterocycles. The predicted octanol–water partition coefficient (Wildman–Crippen LogP) is 6.15. The predicted molar refractivity (Wildman–Crippen MR) is 130 cm³/mol. The minimum Gasteiger partial charge on any atom is -0.347 e. The summed E-state index contributed by atoms with van der Waals surface area (Å²) in [6.45, 7) is 7.77. The molecular weight excluding hydrogens is 477 g/mol. The van der Waals surface area contributed by atoms with Crippen LogP contribution in [0.5, 0.6) is 0 Å². The molecule has 0 saturated carbocycles. The maximum Gasteiger partial charge on any atom is 0.416 e. The lowest BCUT2D eigenvalue weighted by molar-refractivity contribution is -0.137. The molecule has 0 bridgehead atoms. The average molecular weight is 505 g/mol. The lowest BCUT2D eigenvalue weighted by Crippen LogP contribution is -2.39. The highest BCUT2D eigenvalue weighted by atomic mass is 32.1. The van der Waals surface area contributed by atoms with Crippen molar-refractivity contribution in [1.82, 2.24) is 15.2 Å². The van der Waals surface area contributed by atoms with Gasteiger partial charge in [-0.3, -0.25) is 4.79 Å². The Labute approximate surface area is 206 Å². The Bertz CT molecular complexity index is 1190. The van der Waals surface area contributed by atoms with E-state index in [-0.39, 0.29) is 30.9 Å². The molecule has 0 radical (unpaired) electrons. The summed E-state index contributed by atoms with van der Waals surface area (Å²) < 4.78 is 38.7. The Hall–Kier alpha value is -3.40. The van der Waals surface area contributed by atoms with Crippen LogP contribution in [0.3, 0.4) is 0 Å². The number of anilines is 1. The maximum atomic E-state index is 13.0. The molecule has 1 heterocycles. The second-order valence-corrected chi connectivity index (χ2v) is 9.37. The van der Waals surface area contributed by atoms with Crippen molar-refractivity contribution in [2.24, 2.45) is 0 Å². The molecule has 0 aliphatic carbocycles. The lowest BCUT2D eigenvalue weighted by Gasteiger charge is -2.27. The van der Waals surface area contributed by atoms with Crippen molar-refractivity contribution in [1.29, 1.82) is 0 Å². The zero-order chi connectivity index (χ0) is 25.8. The Balaban J connectivity index is 1.64. The number of halogens is 3. The van der Waals surface area contributed by atoms with E-state index >= 15 is 0 Å². The number of nitrogens with zero attached hydrogens (tertiary/aromatic N) is 2. The van der Waals surface area contributed by atoms with Crippen LogP contribution in [-0.4, -0.2) is 27.9 Å². The Kier molecular flexibility index (Phi) is 8.16. The molecule has 1 aromatic heterocycles. The number of urea groups is 1. The molecule has 0 unspecified atom stereocenters. The number of hydrogen-bond acceptors (Lipinski definition) is 4. The zero-order valence-corrected chi connectivity index (χ0v) is 20.7. The zero-order valence-electron chi connectivity index (χ0n) is 19.9. The molecule has 3 aromatic rings. The summed E-state index contributed by atoms with van der Waals surface area (Å²) in [7, 11) is 0. The van der Waals surface area contributed by atoms with Crippen molar-refractivity contribution in [3.63, 3.8) is 0 Å². The number of carbonyl (C=O) groups is 2. The van der Waals surface area contributed by atoms with Gasteiger partial charge in [0, 0.05) is 23.7 Å². The van der Waals surface area contributed by atoms with Gasteiger partial charge in [-0.25, -0.2) is 9.78 Å². The van der Waals surface area contributed by atoms with Gasteiger partial charge in [0.15, 0.2) is 0 Å². The van der Waals surface area contributed by atoms with Gasteiger partial charge >= 0.3 is 12.2 Å². The largest absolute Gasteiger partial charge is 0.416 e. The Morgan fingerprint density at radius 2 is 1.74 bits per heavy atom.